The Labute approximate surface area is 139 Å². The number of aryl methyl sites for hydroxylation is 1. The highest BCUT2D eigenvalue weighted by molar-refractivity contribution is 8.00. The lowest BCUT2D eigenvalue weighted by atomic mass is 10.3. The molecule has 0 fully saturated rings. The fourth-order valence-electron chi connectivity index (χ4n) is 1.96. The number of benzene rings is 1. The van der Waals surface area contributed by atoms with E-state index in [1.54, 1.807) is 17.7 Å². The van der Waals surface area contributed by atoms with Crippen molar-refractivity contribution in [1.82, 2.24) is 9.78 Å². The van der Waals surface area contributed by atoms with E-state index in [1.807, 2.05) is 37.3 Å². The smallest absolute Gasteiger partial charge is 0.315 e. The molecule has 7 heteroatoms. The molecule has 23 heavy (non-hydrogen) atoms. The third-order valence-electron chi connectivity index (χ3n) is 2.86. The molecule has 1 amide bonds. The van der Waals surface area contributed by atoms with E-state index in [1.165, 1.54) is 11.8 Å². The highest BCUT2D eigenvalue weighted by atomic mass is 32.2. The zero-order valence-corrected chi connectivity index (χ0v) is 13.9. The Morgan fingerprint density at radius 2 is 2.00 bits per heavy atom. The van der Waals surface area contributed by atoms with Gasteiger partial charge in [-0.3, -0.25) is 9.59 Å². The van der Waals surface area contributed by atoms with Gasteiger partial charge in [0.05, 0.1) is 29.5 Å². The molecule has 0 aliphatic rings. The number of rotatable bonds is 7. The van der Waals surface area contributed by atoms with Crippen molar-refractivity contribution < 1.29 is 14.3 Å². The van der Waals surface area contributed by atoms with Crippen LogP contribution in [0.4, 0.5) is 5.82 Å². The lowest BCUT2D eigenvalue weighted by Gasteiger charge is -2.08. The van der Waals surface area contributed by atoms with Crippen molar-refractivity contribution >= 4 is 29.5 Å². The van der Waals surface area contributed by atoms with Crippen LogP contribution in [-0.4, -0.2) is 39.8 Å². The van der Waals surface area contributed by atoms with Crippen LogP contribution in [-0.2, 0) is 14.3 Å². The summed E-state index contributed by atoms with van der Waals surface area (Å²) in [5.41, 5.74) is 1.68. The van der Waals surface area contributed by atoms with E-state index in [-0.39, 0.29) is 23.4 Å². The summed E-state index contributed by atoms with van der Waals surface area (Å²) in [7, 11) is 0. The van der Waals surface area contributed by atoms with Crippen LogP contribution in [0.3, 0.4) is 0 Å². The van der Waals surface area contributed by atoms with E-state index in [9.17, 15) is 9.59 Å². The highest BCUT2D eigenvalue weighted by Gasteiger charge is 2.11. The van der Waals surface area contributed by atoms with Gasteiger partial charge in [-0.05, 0) is 26.0 Å². The third-order valence-corrected chi connectivity index (χ3v) is 3.76. The van der Waals surface area contributed by atoms with Gasteiger partial charge in [0.15, 0.2) is 0 Å². The van der Waals surface area contributed by atoms with Crippen LogP contribution in [0.1, 0.15) is 12.6 Å². The summed E-state index contributed by atoms with van der Waals surface area (Å²) in [6, 6.07) is 11.4. The van der Waals surface area contributed by atoms with Gasteiger partial charge in [0.25, 0.3) is 0 Å². The average molecular weight is 333 g/mol. The maximum atomic E-state index is 12.0. The van der Waals surface area contributed by atoms with E-state index in [4.69, 9.17) is 4.74 Å². The van der Waals surface area contributed by atoms with Gasteiger partial charge < -0.3 is 10.1 Å². The maximum Gasteiger partial charge on any atom is 0.315 e. The fourth-order valence-corrected chi connectivity index (χ4v) is 2.57. The van der Waals surface area contributed by atoms with Crippen LogP contribution in [0, 0.1) is 6.92 Å². The first-order chi connectivity index (χ1) is 11.1. The second kappa shape index (κ2) is 8.38. The minimum Gasteiger partial charge on any atom is -0.465 e. The van der Waals surface area contributed by atoms with Crippen molar-refractivity contribution in [2.45, 2.75) is 13.8 Å². The molecule has 2 rings (SSSR count). The van der Waals surface area contributed by atoms with Crippen LogP contribution < -0.4 is 5.32 Å². The van der Waals surface area contributed by atoms with Gasteiger partial charge in [0.2, 0.25) is 5.91 Å². The number of thioether (sulfide) groups is 1. The number of ether oxygens (including phenoxy) is 1. The summed E-state index contributed by atoms with van der Waals surface area (Å²) in [6.07, 6.45) is 0. The number of aromatic nitrogens is 2. The van der Waals surface area contributed by atoms with E-state index < -0.39 is 0 Å². The molecule has 6 nitrogen and oxygen atoms in total. The molecule has 0 bridgehead atoms. The molecule has 1 aromatic heterocycles. The first-order valence-corrected chi connectivity index (χ1v) is 8.41. The normalized spacial score (nSPS) is 10.3. The summed E-state index contributed by atoms with van der Waals surface area (Å²) in [4.78, 5) is 23.3. The number of esters is 1. The van der Waals surface area contributed by atoms with E-state index in [0.717, 1.165) is 11.4 Å². The van der Waals surface area contributed by atoms with Gasteiger partial charge in [0, 0.05) is 6.07 Å². The molecule has 1 N–H and O–H groups in total. The predicted octanol–water partition coefficient (Wildman–Crippen LogP) is 2.42. The minimum absolute atomic E-state index is 0.165. The Bertz CT molecular complexity index is 670. The third kappa shape index (κ3) is 5.14. The van der Waals surface area contributed by atoms with Gasteiger partial charge >= 0.3 is 5.97 Å². The number of amides is 1. The molecule has 1 aromatic carbocycles. The molecule has 0 radical (unpaired) electrons. The van der Waals surface area contributed by atoms with Crippen molar-refractivity contribution in [3.63, 3.8) is 0 Å². The molecule has 0 unspecified atom stereocenters. The molecule has 122 valence electrons. The zero-order valence-electron chi connectivity index (χ0n) is 13.1. The van der Waals surface area contributed by atoms with E-state index in [0.29, 0.717) is 12.4 Å². The number of carbonyl (C=O) groups is 2. The molecular formula is C16H19N3O3S. The zero-order chi connectivity index (χ0) is 16.7. The number of carbonyl (C=O) groups excluding carboxylic acids is 2. The topological polar surface area (TPSA) is 73.2 Å². The van der Waals surface area contributed by atoms with Gasteiger partial charge in [-0.2, -0.15) is 5.10 Å². The molecule has 0 spiro atoms. The Kier molecular flexibility index (Phi) is 6.22. The fraction of sp³-hybridized carbons (Fsp3) is 0.312. The van der Waals surface area contributed by atoms with Crippen molar-refractivity contribution in [1.29, 1.82) is 0 Å². The summed E-state index contributed by atoms with van der Waals surface area (Å²) in [5.74, 6) is 0.457. The maximum absolute atomic E-state index is 12.0. The Hall–Kier alpha value is -2.28. The lowest BCUT2D eigenvalue weighted by molar-refractivity contribution is -0.139. The summed E-state index contributed by atoms with van der Waals surface area (Å²) in [6.45, 7) is 3.97. The lowest BCUT2D eigenvalue weighted by Crippen LogP contribution is -2.18. The largest absolute Gasteiger partial charge is 0.465 e. The Morgan fingerprint density at radius 3 is 2.70 bits per heavy atom. The van der Waals surface area contributed by atoms with Gasteiger partial charge in [-0.25, -0.2) is 4.68 Å². The SMILES string of the molecule is CCOC(=O)CSCC(=O)Nc1cc(C)nn1-c1ccccc1. The number of anilines is 1. The first kappa shape index (κ1) is 17.1. The van der Waals surface area contributed by atoms with Gasteiger partial charge in [-0.1, -0.05) is 18.2 Å². The van der Waals surface area contributed by atoms with E-state index >= 15 is 0 Å². The molecule has 0 saturated heterocycles. The van der Waals surface area contributed by atoms with Crippen LogP contribution in [0.5, 0.6) is 0 Å². The van der Waals surface area contributed by atoms with Crippen molar-refractivity contribution in [2.24, 2.45) is 0 Å². The number of hydrogen-bond donors (Lipinski definition) is 1. The second-order valence-electron chi connectivity index (χ2n) is 4.76. The Balaban J connectivity index is 1.95. The van der Waals surface area contributed by atoms with Gasteiger partial charge in [0.1, 0.15) is 5.82 Å². The van der Waals surface area contributed by atoms with Crippen molar-refractivity contribution in [2.75, 3.05) is 23.4 Å². The average Bonchev–Trinajstić information content (AvgIpc) is 2.89. The van der Waals surface area contributed by atoms with Crippen LogP contribution >= 0.6 is 11.8 Å². The number of para-hydroxylation sites is 1. The highest BCUT2D eigenvalue weighted by Crippen LogP contribution is 2.17. The molecule has 2 aromatic rings. The summed E-state index contributed by atoms with van der Waals surface area (Å²) in [5, 5.41) is 7.21. The minimum atomic E-state index is -0.310. The Morgan fingerprint density at radius 1 is 1.26 bits per heavy atom. The van der Waals surface area contributed by atoms with E-state index in [2.05, 4.69) is 10.4 Å². The van der Waals surface area contributed by atoms with Crippen LogP contribution in [0.2, 0.25) is 0 Å². The quantitative estimate of drug-likeness (QED) is 0.788. The van der Waals surface area contributed by atoms with Crippen molar-refractivity contribution in [3.8, 4) is 5.69 Å². The number of nitrogens with one attached hydrogen (secondary N) is 1. The van der Waals surface area contributed by atoms with Crippen LogP contribution in [0.25, 0.3) is 5.69 Å². The van der Waals surface area contributed by atoms with Gasteiger partial charge in [-0.15, -0.1) is 11.8 Å². The standard InChI is InChI=1S/C16H19N3O3S/c1-3-22-16(21)11-23-10-15(20)17-14-9-12(2)18-19(14)13-7-5-4-6-8-13/h4-9H,3,10-11H2,1-2H3,(H,17,20). The molecule has 0 aliphatic carbocycles. The van der Waals surface area contributed by atoms with Crippen molar-refractivity contribution in [3.05, 3.63) is 42.1 Å². The first-order valence-electron chi connectivity index (χ1n) is 7.25. The number of hydrogen-bond acceptors (Lipinski definition) is 5. The summed E-state index contributed by atoms with van der Waals surface area (Å²) >= 11 is 1.22. The molecule has 0 atom stereocenters. The summed E-state index contributed by atoms with van der Waals surface area (Å²) < 4.78 is 6.50. The number of nitrogens with zero attached hydrogens (tertiary/aromatic N) is 2. The predicted molar refractivity (Wildman–Crippen MR) is 90.9 cm³/mol. The second-order valence-corrected chi connectivity index (χ2v) is 5.75. The monoisotopic (exact) mass is 333 g/mol. The molecule has 1 heterocycles. The molecule has 0 saturated carbocycles. The van der Waals surface area contributed by atoms with Crippen LogP contribution in [0.15, 0.2) is 36.4 Å². The molecule has 0 aliphatic heterocycles. The molecular weight excluding hydrogens is 314 g/mol.